The molecule has 0 aliphatic heterocycles. The van der Waals surface area contributed by atoms with Gasteiger partial charge in [-0.15, -0.1) is 0 Å². The predicted octanol–water partition coefficient (Wildman–Crippen LogP) is 3.49. The van der Waals surface area contributed by atoms with E-state index in [0.717, 1.165) is 12.8 Å². The Bertz CT molecular complexity index is 475. The Labute approximate surface area is 123 Å². The van der Waals surface area contributed by atoms with Crippen LogP contribution < -0.4 is 0 Å². The molecule has 1 aliphatic rings. The average molecular weight is 299 g/mol. The molecule has 0 saturated heterocycles. The van der Waals surface area contributed by atoms with Crippen molar-refractivity contribution in [1.29, 1.82) is 0 Å². The smallest absolute Gasteiger partial charge is 0.356 e. The van der Waals surface area contributed by atoms with E-state index >= 15 is 0 Å². The molecule has 1 atom stereocenters. The molecule has 1 heterocycles. The molecule has 110 valence electrons. The molecule has 0 aromatic carbocycles. The molecule has 5 nitrogen and oxygen atoms in total. The first-order valence-electron chi connectivity index (χ1n) is 7.00. The quantitative estimate of drug-likeness (QED) is 0.901. The van der Waals surface area contributed by atoms with Gasteiger partial charge in [-0.25, -0.2) is 14.8 Å². The van der Waals surface area contributed by atoms with Crippen molar-refractivity contribution < 1.29 is 14.6 Å². The van der Waals surface area contributed by atoms with Crippen LogP contribution in [0.1, 0.15) is 61.4 Å². The summed E-state index contributed by atoms with van der Waals surface area (Å²) in [6.45, 7) is 2.47. The van der Waals surface area contributed by atoms with Crippen molar-refractivity contribution in [3.05, 3.63) is 22.7 Å². The van der Waals surface area contributed by atoms with Gasteiger partial charge in [-0.3, -0.25) is 0 Å². The van der Waals surface area contributed by atoms with E-state index in [4.69, 9.17) is 21.4 Å². The molecular weight excluding hydrogens is 280 g/mol. The molecule has 1 aromatic rings. The van der Waals surface area contributed by atoms with Gasteiger partial charge in [0.2, 0.25) is 0 Å². The van der Waals surface area contributed by atoms with Gasteiger partial charge in [0.05, 0.1) is 11.2 Å². The number of nitrogens with zero attached hydrogens (tertiary/aromatic N) is 2. The van der Waals surface area contributed by atoms with Crippen LogP contribution in [-0.2, 0) is 4.74 Å². The van der Waals surface area contributed by atoms with Gasteiger partial charge in [0.15, 0.2) is 11.5 Å². The first-order chi connectivity index (χ1) is 9.63. The van der Waals surface area contributed by atoms with Gasteiger partial charge in [-0.05, 0) is 25.7 Å². The lowest BCUT2D eigenvalue weighted by Gasteiger charge is -2.29. The Hall–Kier alpha value is -1.20. The molecule has 0 bridgehead atoms. The second-order valence-electron chi connectivity index (χ2n) is 5.00. The van der Waals surface area contributed by atoms with Gasteiger partial charge in [0.25, 0.3) is 0 Å². The zero-order valence-corrected chi connectivity index (χ0v) is 12.3. The number of aromatic nitrogens is 2. The van der Waals surface area contributed by atoms with Gasteiger partial charge in [0.1, 0.15) is 6.10 Å². The second-order valence-corrected chi connectivity index (χ2v) is 5.41. The summed E-state index contributed by atoms with van der Waals surface area (Å²) in [6.07, 6.45) is 6.84. The largest absolute Gasteiger partial charge is 0.476 e. The van der Waals surface area contributed by atoms with Crippen molar-refractivity contribution in [2.45, 2.75) is 45.1 Å². The summed E-state index contributed by atoms with van der Waals surface area (Å²) in [5.41, 5.74) is -0.155. The summed E-state index contributed by atoms with van der Waals surface area (Å²) < 4.78 is 5.78. The van der Waals surface area contributed by atoms with E-state index in [9.17, 15) is 4.79 Å². The summed E-state index contributed by atoms with van der Waals surface area (Å²) in [7, 11) is 0. The molecular formula is C14H19ClN2O3. The number of hydrogen-bond acceptors (Lipinski definition) is 4. The number of carboxylic acids is 1. The Morgan fingerprint density at radius 1 is 1.50 bits per heavy atom. The third-order valence-electron chi connectivity index (χ3n) is 3.64. The zero-order chi connectivity index (χ0) is 14.5. The Morgan fingerprint density at radius 3 is 2.80 bits per heavy atom. The normalized spacial score (nSPS) is 17.9. The molecule has 1 unspecified atom stereocenters. The Morgan fingerprint density at radius 2 is 2.20 bits per heavy atom. The van der Waals surface area contributed by atoms with Crippen LogP contribution in [0, 0.1) is 5.92 Å². The molecule has 0 radical (unpaired) electrons. The van der Waals surface area contributed by atoms with Gasteiger partial charge in [-0.2, -0.15) is 0 Å². The lowest BCUT2D eigenvalue weighted by Crippen LogP contribution is -2.22. The third-order valence-corrected chi connectivity index (χ3v) is 3.92. The minimum atomic E-state index is -1.14. The molecule has 2 rings (SSSR count). The highest BCUT2D eigenvalue weighted by atomic mass is 35.5. The fourth-order valence-electron chi connectivity index (χ4n) is 2.71. The summed E-state index contributed by atoms with van der Waals surface area (Å²) in [5.74, 6) is -0.357. The summed E-state index contributed by atoms with van der Waals surface area (Å²) >= 11 is 5.81. The van der Waals surface area contributed by atoms with Crippen LogP contribution in [0.3, 0.4) is 0 Å². The van der Waals surface area contributed by atoms with E-state index in [-0.39, 0.29) is 16.8 Å². The Kier molecular flexibility index (Phi) is 5.31. The number of carboxylic acid groups (broad SMARTS) is 1. The van der Waals surface area contributed by atoms with E-state index in [1.165, 1.54) is 25.5 Å². The van der Waals surface area contributed by atoms with Crippen molar-refractivity contribution >= 4 is 17.6 Å². The van der Waals surface area contributed by atoms with Gasteiger partial charge in [-0.1, -0.05) is 30.9 Å². The van der Waals surface area contributed by atoms with Crippen LogP contribution in [0.15, 0.2) is 6.20 Å². The topological polar surface area (TPSA) is 72.3 Å². The number of ether oxygens (including phenoxy) is 1. The van der Waals surface area contributed by atoms with Crippen molar-refractivity contribution in [2.75, 3.05) is 6.61 Å². The van der Waals surface area contributed by atoms with Crippen LogP contribution in [0.2, 0.25) is 5.02 Å². The summed E-state index contributed by atoms with van der Waals surface area (Å²) in [4.78, 5) is 19.4. The highest BCUT2D eigenvalue weighted by molar-refractivity contribution is 6.33. The third kappa shape index (κ3) is 3.46. The van der Waals surface area contributed by atoms with E-state index in [1.54, 1.807) is 0 Å². The van der Waals surface area contributed by atoms with Crippen LogP contribution in [0.25, 0.3) is 0 Å². The maximum absolute atomic E-state index is 11.1. The molecule has 0 amide bonds. The number of hydrogen-bond donors (Lipinski definition) is 1. The number of carbonyl (C=O) groups is 1. The zero-order valence-electron chi connectivity index (χ0n) is 11.5. The van der Waals surface area contributed by atoms with Crippen molar-refractivity contribution in [3.63, 3.8) is 0 Å². The second kappa shape index (κ2) is 6.99. The first kappa shape index (κ1) is 15.2. The van der Waals surface area contributed by atoms with E-state index in [0.29, 0.717) is 18.3 Å². The van der Waals surface area contributed by atoms with Crippen molar-refractivity contribution in [2.24, 2.45) is 5.92 Å². The number of halogens is 1. The summed E-state index contributed by atoms with van der Waals surface area (Å²) in [5, 5.41) is 9.15. The van der Waals surface area contributed by atoms with Gasteiger partial charge in [0, 0.05) is 6.61 Å². The molecule has 0 spiro atoms. The fourth-order valence-corrected chi connectivity index (χ4v) is 2.88. The van der Waals surface area contributed by atoms with Crippen LogP contribution in [-0.4, -0.2) is 27.7 Å². The lowest BCUT2D eigenvalue weighted by atomic mass is 9.85. The predicted molar refractivity (Wildman–Crippen MR) is 74.9 cm³/mol. The van der Waals surface area contributed by atoms with E-state index in [2.05, 4.69) is 9.97 Å². The van der Waals surface area contributed by atoms with Crippen LogP contribution in [0.5, 0.6) is 0 Å². The molecule has 1 aliphatic carbocycles. The minimum Gasteiger partial charge on any atom is -0.476 e. The monoisotopic (exact) mass is 298 g/mol. The van der Waals surface area contributed by atoms with Crippen LogP contribution >= 0.6 is 11.6 Å². The average Bonchev–Trinajstić information content (AvgIpc) is 2.46. The number of rotatable bonds is 5. The number of aromatic carboxylic acids is 1. The first-order valence-corrected chi connectivity index (χ1v) is 7.38. The fraction of sp³-hybridized carbons (Fsp3) is 0.643. The standard InChI is InChI=1S/C14H19ClN2O3/c1-2-20-12(9-6-4-3-5-7-9)13-16-8-10(15)11(17-13)14(18)19/h8-9,12H,2-7H2,1H3,(H,18,19). The molecule has 6 heteroatoms. The molecule has 1 fully saturated rings. The highest BCUT2D eigenvalue weighted by Gasteiger charge is 2.28. The summed E-state index contributed by atoms with van der Waals surface area (Å²) in [6, 6.07) is 0. The highest BCUT2D eigenvalue weighted by Crippen LogP contribution is 2.35. The molecule has 1 aromatic heterocycles. The Balaban J connectivity index is 2.28. The van der Waals surface area contributed by atoms with Gasteiger partial charge >= 0.3 is 5.97 Å². The van der Waals surface area contributed by atoms with Gasteiger partial charge < -0.3 is 9.84 Å². The molecule has 1 N–H and O–H groups in total. The van der Waals surface area contributed by atoms with Crippen molar-refractivity contribution in [1.82, 2.24) is 9.97 Å². The van der Waals surface area contributed by atoms with E-state index in [1.807, 2.05) is 6.92 Å². The van der Waals surface area contributed by atoms with Crippen LogP contribution in [0.4, 0.5) is 0 Å². The molecule has 1 saturated carbocycles. The van der Waals surface area contributed by atoms with Crippen molar-refractivity contribution in [3.8, 4) is 0 Å². The molecule has 20 heavy (non-hydrogen) atoms. The van der Waals surface area contributed by atoms with E-state index < -0.39 is 5.97 Å². The lowest BCUT2D eigenvalue weighted by molar-refractivity contribution is -0.000367. The SMILES string of the molecule is CCOC(c1ncc(Cl)c(C(=O)O)n1)C1CCCCC1. The maximum atomic E-state index is 11.1. The maximum Gasteiger partial charge on any atom is 0.356 e. The minimum absolute atomic E-state index is 0.0557.